The Kier molecular flexibility index (Phi) is 5.11. The minimum atomic E-state index is -3.54. The van der Waals surface area contributed by atoms with Crippen molar-refractivity contribution < 1.29 is 23.1 Å². The van der Waals surface area contributed by atoms with E-state index in [4.69, 9.17) is 10.5 Å². The number of halogens is 2. The molecule has 9 nitrogen and oxygen atoms in total. The SMILES string of the molecule is COc1cc(C(N)=O)ccc1Nc1ncc2c(n1)N(C1CCC1)CC(F)(F)C(=O)N2C. The van der Waals surface area contributed by atoms with Gasteiger partial charge in [0.1, 0.15) is 11.4 Å². The second kappa shape index (κ2) is 7.64. The summed E-state index contributed by atoms with van der Waals surface area (Å²) in [6.07, 6.45) is 3.79. The van der Waals surface area contributed by atoms with Crippen LogP contribution in [0.25, 0.3) is 0 Å². The van der Waals surface area contributed by atoms with Gasteiger partial charge < -0.3 is 25.6 Å². The lowest BCUT2D eigenvalue weighted by atomic mass is 9.91. The number of hydrogen-bond acceptors (Lipinski definition) is 7. The maximum absolute atomic E-state index is 14.5. The van der Waals surface area contributed by atoms with Crippen LogP contribution in [0.2, 0.25) is 0 Å². The number of anilines is 4. The Bertz CT molecular complexity index is 1040. The number of fused-ring (bicyclic) bond motifs is 1. The average Bonchev–Trinajstić information content (AvgIpc) is 2.76. The number of aromatic nitrogens is 2. The summed E-state index contributed by atoms with van der Waals surface area (Å²) in [4.78, 5) is 34.7. The largest absolute Gasteiger partial charge is 0.495 e. The molecule has 2 heterocycles. The molecule has 2 aromatic rings. The zero-order valence-electron chi connectivity index (χ0n) is 17.1. The number of alkyl halides is 2. The van der Waals surface area contributed by atoms with Gasteiger partial charge >= 0.3 is 5.92 Å². The van der Waals surface area contributed by atoms with E-state index in [0.29, 0.717) is 11.4 Å². The molecule has 0 spiro atoms. The maximum atomic E-state index is 14.5. The molecule has 0 bridgehead atoms. The number of hydrogen-bond donors (Lipinski definition) is 2. The lowest BCUT2D eigenvalue weighted by Gasteiger charge is -2.38. The third-order valence-electron chi connectivity index (χ3n) is 5.62. The summed E-state index contributed by atoms with van der Waals surface area (Å²) in [5.74, 6) is -4.68. The highest BCUT2D eigenvalue weighted by atomic mass is 19.3. The van der Waals surface area contributed by atoms with Crippen molar-refractivity contribution in [3.63, 3.8) is 0 Å². The van der Waals surface area contributed by atoms with Gasteiger partial charge in [0.2, 0.25) is 11.9 Å². The Hall–Kier alpha value is -3.50. The molecular formula is C20H22F2N6O3. The van der Waals surface area contributed by atoms with Crippen LogP contribution in [0, 0.1) is 0 Å². The van der Waals surface area contributed by atoms with Crippen molar-refractivity contribution in [3.8, 4) is 5.75 Å². The highest BCUT2D eigenvalue weighted by Gasteiger charge is 2.49. The molecule has 1 saturated carbocycles. The number of amides is 2. The summed E-state index contributed by atoms with van der Waals surface area (Å²) in [6.45, 7) is -0.735. The number of nitrogens with one attached hydrogen (secondary N) is 1. The van der Waals surface area contributed by atoms with Crippen molar-refractivity contribution in [2.45, 2.75) is 31.2 Å². The van der Waals surface area contributed by atoms with E-state index in [0.717, 1.165) is 24.2 Å². The summed E-state index contributed by atoms with van der Waals surface area (Å²) in [7, 11) is 2.73. The molecule has 1 fully saturated rings. The smallest absolute Gasteiger partial charge is 0.342 e. The molecule has 4 rings (SSSR count). The van der Waals surface area contributed by atoms with Gasteiger partial charge in [-0.05, 0) is 37.5 Å². The number of benzene rings is 1. The minimum absolute atomic E-state index is 0.115. The predicted molar refractivity (Wildman–Crippen MR) is 110 cm³/mol. The Morgan fingerprint density at radius 1 is 1.35 bits per heavy atom. The first kappa shape index (κ1) is 20.8. The van der Waals surface area contributed by atoms with Gasteiger partial charge in [-0.1, -0.05) is 0 Å². The second-order valence-corrected chi connectivity index (χ2v) is 7.59. The highest BCUT2D eigenvalue weighted by molar-refractivity contribution is 6.02. The van der Waals surface area contributed by atoms with Gasteiger partial charge in [0.25, 0.3) is 5.91 Å². The van der Waals surface area contributed by atoms with Gasteiger partial charge in [0.05, 0.1) is 25.5 Å². The fourth-order valence-corrected chi connectivity index (χ4v) is 3.65. The molecule has 1 aromatic carbocycles. The molecule has 1 aliphatic carbocycles. The van der Waals surface area contributed by atoms with E-state index in [-0.39, 0.29) is 29.1 Å². The van der Waals surface area contributed by atoms with Crippen molar-refractivity contribution in [1.29, 1.82) is 0 Å². The molecule has 164 valence electrons. The van der Waals surface area contributed by atoms with Crippen LogP contribution in [0.1, 0.15) is 29.6 Å². The Morgan fingerprint density at radius 3 is 2.71 bits per heavy atom. The standard InChI is InChI=1S/C20H22F2N6O3/c1-27-14-9-24-19(25-13-7-6-11(16(23)29)8-15(13)31-2)26-17(14)28(12-4-3-5-12)10-20(21,22)18(27)30/h6-9,12H,3-5,10H2,1-2H3,(H2,23,29)(H,24,25,26). The normalized spacial score (nSPS) is 18.1. The summed E-state index contributed by atoms with van der Waals surface area (Å²) in [5.41, 5.74) is 6.25. The molecule has 0 radical (unpaired) electrons. The summed E-state index contributed by atoms with van der Waals surface area (Å²) < 4.78 is 34.4. The summed E-state index contributed by atoms with van der Waals surface area (Å²) >= 11 is 0. The van der Waals surface area contributed by atoms with E-state index < -0.39 is 24.3 Å². The number of nitrogens with two attached hydrogens (primary N) is 1. The molecule has 0 atom stereocenters. The first-order valence-corrected chi connectivity index (χ1v) is 9.76. The average molecular weight is 432 g/mol. The topological polar surface area (TPSA) is 114 Å². The number of carbonyl (C=O) groups is 2. The lowest BCUT2D eigenvalue weighted by molar-refractivity contribution is -0.140. The van der Waals surface area contributed by atoms with Crippen LogP contribution in [0.15, 0.2) is 24.4 Å². The molecule has 1 aliphatic heterocycles. The maximum Gasteiger partial charge on any atom is 0.342 e. The predicted octanol–water partition coefficient (Wildman–Crippen LogP) is 2.30. The van der Waals surface area contributed by atoms with Gasteiger partial charge in [0, 0.05) is 18.7 Å². The first-order valence-electron chi connectivity index (χ1n) is 9.76. The van der Waals surface area contributed by atoms with Gasteiger partial charge in [-0.2, -0.15) is 13.8 Å². The molecule has 0 saturated heterocycles. The van der Waals surface area contributed by atoms with Crippen LogP contribution < -0.4 is 25.6 Å². The van der Waals surface area contributed by atoms with Gasteiger partial charge in [0.15, 0.2) is 5.82 Å². The van der Waals surface area contributed by atoms with Crippen molar-refractivity contribution in [1.82, 2.24) is 9.97 Å². The van der Waals surface area contributed by atoms with E-state index in [2.05, 4.69) is 15.3 Å². The number of primary amides is 1. The molecular weight excluding hydrogens is 410 g/mol. The molecule has 0 unspecified atom stereocenters. The Balaban J connectivity index is 1.73. The van der Waals surface area contributed by atoms with Crippen LogP contribution in [0.4, 0.5) is 31.9 Å². The molecule has 2 aliphatic rings. The van der Waals surface area contributed by atoms with Crippen molar-refractivity contribution in [2.75, 3.05) is 35.8 Å². The molecule has 3 N–H and O–H groups in total. The first-order chi connectivity index (χ1) is 14.7. The lowest BCUT2D eigenvalue weighted by Crippen LogP contribution is -2.50. The zero-order valence-corrected chi connectivity index (χ0v) is 17.1. The monoisotopic (exact) mass is 432 g/mol. The van der Waals surface area contributed by atoms with Crippen molar-refractivity contribution >= 4 is 35.0 Å². The van der Waals surface area contributed by atoms with E-state index in [1.807, 2.05) is 0 Å². The molecule has 11 heteroatoms. The van der Waals surface area contributed by atoms with Crippen LogP contribution >= 0.6 is 0 Å². The van der Waals surface area contributed by atoms with Crippen LogP contribution in [-0.4, -0.2) is 54.4 Å². The van der Waals surface area contributed by atoms with Crippen LogP contribution in [0.5, 0.6) is 5.75 Å². The number of methoxy groups -OCH3 is 1. The molecule has 1 aromatic heterocycles. The summed E-state index contributed by atoms with van der Waals surface area (Å²) in [6, 6.07) is 4.46. The van der Waals surface area contributed by atoms with E-state index >= 15 is 0 Å². The zero-order chi connectivity index (χ0) is 22.3. The number of nitrogens with zero attached hydrogens (tertiary/aromatic N) is 4. The number of rotatable bonds is 5. The van der Waals surface area contributed by atoms with Crippen LogP contribution in [0.3, 0.4) is 0 Å². The fourth-order valence-electron chi connectivity index (χ4n) is 3.65. The molecule has 2 amide bonds. The van der Waals surface area contributed by atoms with E-state index in [9.17, 15) is 18.4 Å². The molecule has 31 heavy (non-hydrogen) atoms. The quantitative estimate of drug-likeness (QED) is 0.745. The Morgan fingerprint density at radius 2 is 2.10 bits per heavy atom. The van der Waals surface area contributed by atoms with Gasteiger partial charge in [-0.25, -0.2) is 4.98 Å². The Labute approximate surface area is 177 Å². The third-order valence-corrected chi connectivity index (χ3v) is 5.62. The van der Waals surface area contributed by atoms with Gasteiger partial charge in [-0.15, -0.1) is 0 Å². The van der Waals surface area contributed by atoms with E-state index in [1.54, 1.807) is 6.07 Å². The number of carbonyl (C=O) groups excluding carboxylic acids is 2. The highest BCUT2D eigenvalue weighted by Crippen LogP contribution is 2.40. The van der Waals surface area contributed by atoms with Crippen molar-refractivity contribution in [2.24, 2.45) is 5.73 Å². The fraction of sp³-hybridized carbons (Fsp3) is 0.400. The van der Waals surface area contributed by atoms with E-state index in [1.165, 1.54) is 37.4 Å². The third kappa shape index (κ3) is 3.71. The summed E-state index contributed by atoms with van der Waals surface area (Å²) in [5, 5.41) is 2.99. The van der Waals surface area contributed by atoms with Crippen LogP contribution in [-0.2, 0) is 4.79 Å². The van der Waals surface area contributed by atoms with Crippen molar-refractivity contribution in [3.05, 3.63) is 30.0 Å². The number of ether oxygens (including phenoxy) is 1. The minimum Gasteiger partial charge on any atom is -0.495 e. The second-order valence-electron chi connectivity index (χ2n) is 7.59. The van der Waals surface area contributed by atoms with Gasteiger partial charge in [-0.3, -0.25) is 9.59 Å².